The van der Waals surface area contributed by atoms with E-state index in [-0.39, 0.29) is 17.7 Å². The normalized spacial score (nSPS) is 18.4. The molecule has 1 aliphatic heterocycles. The Morgan fingerprint density at radius 3 is 2.95 bits per heavy atom. The summed E-state index contributed by atoms with van der Waals surface area (Å²) in [6.07, 6.45) is 1.53. The Labute approximate surface area is 131 Å². The van der Waals surface area contributed by atoms with Gasteiger partial charge < -0.3 is 15.1 Å². The highest BCUT2D eigenvalue weighted by molar-refractivity contribution is 7.13. The van der Waals surface area contributed by atoms with E-state index in [9.17, 15) is 9.59 Å². The van der Waals surface area contributed by atoms with Crippen LogP contribution in [-0.2, 0) is 4.79 Å². The number of nitrogens with zero attached hydrogens (tertiary/aromatic N) is 2. The van der Waals surface area contributed by atoms with Gasteiger partial charge in [-0.15, -0.1) is 11.3 Å². The van der Waals surface area contributed by atoms with E-state index in [4.69, 9.17) is 10.2 Å². The van der Waals surface area contributed by atoms with Crippen molar-refractivity contribution in [1.82, 2.24) is 9.88 Å². The van der Waals surface area contributed by atoms with Crippen LogP contribution in [-0.4, -0.2) is 34.8 Å². The minimum atomic E-state index is -0.345. The smallest absolute Gasteiger partial charge is 0.273 e. The third-order valence-electron chi connectivity index (χ3n) is 3.79. The number of amides is 2. The molecule has 6 nitrogen and oxygen atoms in total. The number of thiazole rings is 1. The molecule has 3 rings (SSSR count). The van der Waals surface area contributed by atoms with Crippen LogP contribution in [0.2, 0.25) is 0 Å². The van der Waals surface area contributed by atoms with Gasteiger partial charge in [0.15, 0.2) is 10.8 Å². The van der Waals surface area contributed by atoms with Gasteiger partial charge in [-0.1, -0.05) is 0 Å². The average molecular weight is 319 g/mol. The Hall–Kier alpha value is -2.15. The van der Waals surface area contributed by atoms with E-state index in [0.717, 1.165) is 18.6 Å². The number of piperidine rings is 1. The summed E-state index contributed by atoms with van der Waals surface area (Å²) in [7, 11) is 0. The lowest BCUT2D eigenvalue weighted by atomic mass is 9.97. The number of primary amides is 1. The van der Waals surface area contributed by atoms with Gasteiger partial charge in [0, 0.05) is 18.5 Å². The predicted octanol–water partition coefficient (Wildman–Crippen LogP) is 2.05. The summed E-state index contributed by atoms with van der Waals surface area (Å²) in [5.41, 5.74) is 5.74. The quantitative estimate of drug-likeness (QED) is 0.937. The maximum atomic E-state index is 12.5. The first kappa shape index (κ1) is 14.8. The van der Waals surface area contributed by atoms with Crippen molar-refractivity contribution in [2.24, 2.45) is 11.7 Å². The highest BCUT2D eigenvalue weighted by Crippen LogP contribution is 2.27. The minimum absolute atomic E-state index is 0.156. The van der Waals surface area contributed by atoms with E-state index in [1.165, 1.54) is 11.3 Å². The van der Waals surface area contributed by atoms with Crippen molar-refractivity contribution in [2.75, 3.05) is 13.1 Å². The molecule has 0 saturated carbocycles. The van der Waals surface area contributed by atoms with Crippen molar-refractivity contribution in [3.63, 3.8) is 0 Å². The third-order valence-corrected chi connectivity index (χ3v) is 4.64. The number of aromatic nitrogens is 1. The molecule has 1 aliphatic rings. The van der Waals surface area contributed by atoms with Gasteiger partial charge in [0.1, 0.15) is 11.5 Å². The van der Waals surface area contributed by atoms with Crippen molar-refractivity contribution >= 4 is 23.2 Å². The van der Waals surface area contributed by atoms with E-state index in [0.29, 0.717) is 29.6 Å². The van der Waals surface area contributed by atoms with Crippen LogP contribution in [0, 0.1) is 12.8 Å². The molecule has 2 aromatic rings. The van der Waals surface area contributed by atoms with Crippen molar-refractivity contribution in [1.29, 1.82) is 0 Å². The summed E-state index contributed by atoms with van der Waals surface area (Å²) in [5.74, 6) is 0.705. The molecular weight excluding hydrogens is 302 g/mol. The van der Waals surface area contributed by atoms with E-state index in [1.54, 1.807) is 10.3 Å². The lowest BCUT2D eigenvalue weighted by Gasteiger charge is -2.30. The zero-order chi connectivity index (χ0) is 15.7. The molecule has 1 fully saturated rings. The SMILES string of the molecule is Cc1ccc(-c2nc(C(=O)N3CCC[C@H](C(N)=O)C3)cs2)o1. The molecule has 2 amide bonds. The highest BCUT2D eigenvalue weighted by Gasteiger charge is 2.28. The molecule has 1 saturated heterocycles. The standard InChI is InChI=1S/C15H17N3O3S/c1-9-4-5-12(21-9)14-17-11(8-22-14)15(20)18-6-2-3-10(7-18)13(16)19/h4-5,8,10H,2-3,6-7H2,1H3,(H2,16,19)/t10-/m0/s1. The van der Waals surface area contributed by atoms with E-state index in [1.807, 2.05) is 19.1 Å². The Kier molecular flexibility index (Phi) is 3.98. The van der Waals surface area contributed by atoms with Gasteiger partial charge in [-0.05, 0) is 31.9 Å². The molecule has 3 heterocycles. The molecule has 2 aromatic heterocycles. The fourth-order valence-corrected chi connectivity index (χ4v) is 3.34. The Morgan fingerprint density at radius 2 is 2.27 bits per heavy atom. The number of aryl methyl sites for hydroxylation is 1. The topological polar surface area (TPSA) is 89.4 Å². The van der Waals surface area contributed by atoms with Gasteiger partial charge in [-0.3, -0.25) is 9.59 Å². The molecule has 0 spiro atoms. The van der Waals surface area contributed by atoms with Crippen LogP contribution >= 0.6 is 11.3 Å². The predicted molar refractivity (Wildman–Crippen MR) is 82.4 cm³/mol. The molecule has 0 unspecified atom stereocenters. The fourth-order valence-electron chi connectivity index (χ4n) is 2.59. The first-order chi connectivity index (χ1) is 10.5. The van der Waals surface area contributed by atoms with Crippen molar-refractivity contribution < 1.29 is 14.0 Å². The van der Waals surface area contributed by atoms with Crippen molar-refractivity contribution in [3.05, 3.63) is 29.0 Å². The molecular formula is C15H17N3O3S. The van der Waals surface area contributed by atoms with Gasteiger partial charge in [0.2, 0.25) is 5.91 Å². The molecule has 0 aliphatic carbocycles. The number of hydrogen-bond donors (Lipinski definition) is 1. The van der Waals surface area contributed by atoms with E-state index in [2.05, 4.69) is 4.98 Å². The molecule has 7 heteroatoms. The van der Waals surface area contributed by atoms with Gasteiger partial charge >= 0.3 is 0 Å². The molecule has 1 atom stereocenters. The van der Waals surface area contributed by atoms with Gasteiger partial charge in [0.05, 0.1) is 5.92 Å². The lowest BCUT2D eigenvalue weighted by Crippen LogP contribution is -2.44. The second kappa shape index (κ2) is 5.92. The largest absolute Gasteiger partial charge is 0.459 e. The van der Waals surface area contributed by atoms with Gasteiger partial charge in [-0.25, -0.2) is 4.98 Å². The van der Waals surface area contributed by atoms with Gasteiger partial charge in [-0.2, -0.15) is 0 Å². The second-order valence-corrected chi connectivity index (χ2v) is 6.30. The summed E-state index contributed by atoms with van der Waals surface area (Å²) < 4.78 is 5.52. The molecule has 22 heavy (non-hydrogen) atoms. The van der Waals surface area contributed by atoms with Crippen LogP contribution in [0.3, 0.4) is 0 Å². The molecule has 2 N–H and O–H groups in total. The maximum absolute atomic E-state index is 12.5. The monoisotopic (exact) mass is 319 g/mol. The van der Waals surface area contributed by atoms with Crippen LogP contribution in [0.1, 0.15) is 29.1 Å². The number of hydrogen-bond acceptors (Lipinski definition) is 5. The summed E-state index contributed by atoms with van der Waals surface area (Å²) in [6.45, 7) is 2.87. The molecule has 0 radical (unpaired) electrons. The average Bonchev–Trinajstić information content (AvgIpc) is 3.15. The Balaban J connectivity index is 1.75. The number of likely N-dealkylation sites (tertiary alicyclic amines) is 1. The molecule has 0 bridgehead atoms. The van der Waals surface area contributed by atoms with E-state index < -0.39 is 0 Å². The zero-order valence-electron chi connectivity index (χ0n) is 12.2. The van der Waals surface area contributed by atoms with E-state index >= 15 is 0 Å². The number of nitrogens with two attached hydrogens (primary N) is 1. The summed E-state index contributed by atoms with van der Waals surface area (Å²) >= 11 is 1.37. The Morgan fingerprint density at radius 1 is 1.45 bits per heavy atom. The number of carbonyl (C=O) groups is 2. The summed E-state index contributed by atoms with van der Waals surface area (Å²) in [6, 6.07) is 3.70. The zero-order valence-corrected chi connectivity index (χ0v) is 13.1. The summed E-state index contributed by atoms with van der Waals surface area (Å²) in [5, 5.41) is 2.41. The number of rotatable bonds is 3. The number of carbonyl (C=O) groups excluding carboxylic acids is 2. The second-order valence-electron chi connectivity index (χ2n) is 5.44. The van der Waals surface area contributed by atoms with Gasteiger partial charge in [0.25, 0.3) is 5.91 Å². The molecule has 0 aromatic carbocycles. The summed E-state index contributed by atoms with van der Waals surface area (Å²) in [4.78, 5) is 29.8. The Bertz CT molecular complexity index is 706. The number of furan rings is 1. The van der Waals surface area contributed by atoms with Crippen molar-refractivity contribution in [2.45, 2.75) is 19.8 Å². The third kappa shape index (κ3) is 2.89. The van der Waals surface area contributed by atoms with Crippen LogP contribution in [0.25, 0.3) is 10.8 Å². The minimum Gasteiger partial charge on any atom is -0.459 e. The van der Waals surface area contributed by atoms with Crippen LogP contribution in [0.4, 0.5) is 0 Å². The fraction of sp³-hybridized carbons (Fsp3) is 0.400. The maximum Gasteiger partial charge on any atom is 0.273 e. The lowest BCUT2D eigenvalue weighted by molar-refractivity contribution is -0.123. The first-order valence-corrected chi connectivity index (χ1v) is 8.03. The van der Waals surface area contributed by atoms with Crippen molar-refractivity contribution in [3.8, 4) is 10.8 Å². The first-order valence-electron chi connectivity index (χ1n) is 7.15. The highest BCUT2D eigenvalue weighted by atomic mass is 32.1. The molecule has 116 valence electrons. The van der Waals surface area contributed by atoms with Crippen LogP contribution in [0.5, 0.6) is 0 Å². The van der Waals surface area contributed by atoms with Crippen LogP contribution < -0.4 is 5.73 Å². The van der Waals surface area contributed by atoms with Crippen LogP contribution in [0.15, 0.2) is 21.9 Å².